The molecular weight excluding hydrogens is 444 g/mol. The molecule has 36 heavy (non-hydrogen) atoms. The lowest BCUT2D eigenvalue weighted by molar-refractivity contribution is 0.0828. The Balaban J connectivity index is 1.18. The van der Waals surface area contributed by atoms with Gasteiger partial charge in [-0.05, 0) is 107 Å². The van der Waals surface area contributed by atoms with Crippen LogP contribution in [0.1, 0.15) is 68.0 Å². The normalized spacial score (nSPS) is 20.4. The third-order valence-corrected chi connectivity index (χ3v) is 8.77. The number of benzene rings is 1. The van der Waals surface area contributed by atoms with Crippen molar-refractivity contribution in [2.45, 2.75) is 71.8 Å². The molecule has 1 N–H and O–H groups in total. The van der Waals surface area contributed by atoms with Gasteiger partial charge in [-0.15, -0.1) is 0 Å². The van der Waals surface area contributed by atoms with Gasteiger partial charge in [0.1, 0.15) is 5.75 Å². The highest BCUT2D eigenvalue weighted by atomic mass is 16.5. The molecule has 6 rings (SSSR count). The van der Waals surface area contributed by atoms with Gasteiger partial charge in [-0.25, -0.2) is 0 Å². The van der Waals surface area contributed by atoms with Gasteiger partial charge in [0.05, 0.1) is 18.0 Å². The minimum Gasteiger partial charge on any atom is -0.491 e. The van der Waals surface area contributed by atoms with E-state index in [4.69, 9.17) is 4.74 Å². The second-order valence-corrected chi connectivity index (χ2v) is 11.8. The molecular formula is C31H42N4O. The van der Waals surface area contributed by atoms with Gasteiger partial charge in [-0.1, -0.05) is 19.9 Å². The van der Waals surface area contributed by atoms with Gasteiger partial charge in [-0.3, -0.25) is 4.98 Å². The molecule has 3 aliphatic heterocycles. The maximum absolute atomic E-state index is 6.17. The lowest BCUT2D eigenvalue weighted by Gasteiger charge is -2.42. The molecule has 2 aromatic heterocycles. The highest BCUT2D eigenvalue weighted by molar-refractivity contribution is 5.93. The van der Waals surface area contributed by atoms with Crippen LogP contribution in [0.5, 0.6) is 5.75 Å². The monoisotopic (exact) mass is 486 g/mol. The van der Waals surface area contributed by atoms with Crippen LogP contribution in [0.3, 0.4) is 0 Å². The fraction of sp³-hybridized carbons (Fsp3) is 0.581. The van der Waals surface area contributed by atoms with Crippen molar-refractivity contribution in [3.05, 3.63) is 46.8 Å². The first-order valence-corrected chi connectivity index (χ1v) is 14.2. The number of piperidine rings is 2. The van der Waals surface area contributed by atoms with Gasteiger partial charge in [0.25, 0.3) is 0 Å². The number of aryl methyl sites for hydroxylation is 2. The summed E-state index contributed by atoms with van der Waals surface area (Å²) in [6, 6.07) is 10.1. The molecule has 0 atom stereocenters. The molecule has 0 aliphatic carbocycles. The Hall–Kier alpha value is -2.37. The summed E-state index contributed by atoms with van der Waals surface area (Å²) >= 11 is 0. The molecule has 5 heteroatoms. The Morgan fingerprint density at radius 3 is 2.56 bits per heavy atom. The number of likely N-dealkylation sites (tertiary alicyclic amines) is 2. The van der Waals surface area contributed by atoms with Gasteiger partial charge < -0.3 is 19.5 Å². The number of aromatic nitrogens is 2. The number of ether oxygens (including phenoxy) is 1. The van der Waals surface area contributed by atoms with E-state index in [1.54, 1.807) is 0 Å². The number of rotatable bonds is 4. The van der Waals surface area contributed by atoms with E-state index in [9.17, 15) is 0 Å². The topological polar surface area (TPSA) is 44.4 Å². The van der Waals surface area contributed by atoms with E-state index >= 15 is 0 Å². The van der Waals surface area contributed by atoms with Crippen LogP contribution in [-0.4, -0.2) is 65.1 Å². The fourth-order valence-corrected chi connectivity index (χ4v) is 7.03. The lowest BCUT2D eigenvalue weighted by atomic mass is 9.87. The van der Waals surface area contributed by atoms with Gasteiger partial charge in [0, 0.05) is 41.2 Å². The summed E-state index contributed by atoms with van der Waals surface area (Å²) in [5.41, 5.74) is 8.58. The molecule has 3 aliphatic rings. The molecule has 0 bridgehead atoms. The van der Waals surface area contributed by atoms with Crippen molar-refractivity contribution in [2.75, 3.05) is 39.3 Å². The Labute approximate surface area is 216 Å². The van der Waals surface area contributed by atoms with E-state index in [-0.39, 0.29) is 0 Å². The summed E-state index contributed by atoms with van der Waals surface area (Å²) in [6.45, 7) is 15.8. The van der Waals surface area contributed by atoms with Crippen LogP contribution in [0.2, 0.25) is 0 Å². The molecule has 0 radical (unpaired) electrons. The van der Waals surface area contributed by atoms with E-state index in [0.717, 1.165) is 41.1 Å². The predicted octanol–water partition coefficient (Wildman–Crippen LogP) is 6.08. The highest BCUT2D eigenvalue weighted by Gasteiger charge is 2.29. The minimum absolute atomic E-state index is 0.667. The van der Waals surface area contributed by atoms with E-state index in [1.807, 2.05) is 0 Å². The van der Waals surface area contributed by atoms with Crippen LogP contribution in [0.4, 0.5) is 0 Å². The molecule has 0 unspecified atom stereocenters. The van der Waals surface area contributed by atoms with Crippen LogP contribution in [0.15, 0.2) is 24.3 Å². The number of nitrogens with zero attached hydrogens (tertiary/aromatic N) is 3. The molecule has 2 saturated heterocycles. The number of hydrogen-bond acceptors (Lipinski definition) is 4. The second kappa shape index (κ2) is 9.83. The summed E-state index contributed by atoms with van der Waals surface area (Å²) in [5.74, 6) is 2.38. The zero-order chi connectivity index (χ0) is 24.8. The Morgan fingerprint density at radius 1 is 1.03 bits per heavy atom. The Morgan fingerprint density at radius 2 is 1.81 bits per heavy atom. The quantitative estimate of drug-likeness (QED) is 0.485. The molecule has 5 nitrogen and oxygen atoms in total. The minimum atomic E-state index is 0.667. The first-order valence-electron chi connectivity index (χ1n) is 14.2. The highest BCUT2D eigenvalue weighted by Crippen LogP contribution is 2.41. The zero-order valence-electron chi connectivity index (χ0n) is 22.6. The van der Waals surface area contributed by atoms with Crippen LogP contribution >= 0.6 is 0 Å². The number of H-pyrrole nitrogens is 1. The Bertz CT molecular complexity index is 1230. The molecule has 192 valence electrons. The van der Waals surface area contributed by atoms with Crippen LogP contribution < -0.4 is 4.74 Å². The van der Waals surface area contributed by atoms with Gasteiger partial charge in [0.2, 0.25) is 0 Å². The molecule has 3 aromatic rings. The Kier molecular flexibility index (Phi) is 6.55. The number of pyridine rings is 1. The summed E-state index contributed by atoms with van der Waals surface area (Å²) in [5, 5.41) is 1.38. The van der Waals surface area contributed by atoms with Crippen molar-refractivity contribution < 1.29 is 4.74 Å². The van der Waals surface area contributed by atoms with Crippen LogP contribution in [0.25, 0.3) is 22.2 Å². The van der Waals surface area contributed by atoms with Crippen molar-refractivity contribution in [3.8, 4) is 17.0 Å². The van der Waals surface area contributed by atoms with Crippen molar-refractivity contribution in [3.63, 3.8) is 0 Å². The average molecular weight is 487 g/mol. The predicted molar refractivity (Wildman–Crippen MR) is 148 cm³/mol. The average Bonchev–Trinajstić information content (AvgIpc) is 3.13. The maximum Gasteiger partial charge on any atom is 0.149 e. The molecule has 0 spiro atoms. The SMILES string of the molecule is Cc1cc2c(c(C)n1)OCCc1c-2[nH]c2ccc(C3CCN(C4CCN(CC(C)C)CC4)CC3)cc12. The van der Waals surface area contributed by atoms with Crippen LogP contribution in [0, 0.1) is 19.8 Å². The van der Waals surface area contributed by atoms with Crippen LogP contribution in [-0.2, 0) is 6.42 Å². The van der Waals surface area contributed by atoms with Crippen molar-refractivity contribution in [2.24, 2.45) is 5.92 Å². The molecule has 2 fully saturated rings. The first kappa shape index (κ1) is 24.0. The van der Waals surface area contributed by atoms with E-state index < -0.39 is 0 Å². The largest absolute Gasteiger partial charge is 0.491 e. The third kappa shape index (κ3) is 4.56. The van der Waals surface area contributed by atoms with Gasteiger partial charge >= 0.3 is 0 Å². The van der Waals surface area contributed by atoms with Crippen molar-refractivity contribution in [1.82, 2.24) is 19.8 Å². The smallest absolute Gasteiger partial charge is 0.149 e. The summed E-state index contributed by atoms with van der Waals surface area (Å²) in [4.78, 5) is 13.9. The molecule has 1 aromatic carbocycles. The van der Waals surface area contributed by atoms with Gasteiger partial charge in [-0.2, -0.15) is 0 Å². The van der Waals surface area contributed by atoms with E-state index in [2.05, 4.69) is 71.7 Å². The maximum atomic E-state index is 6.17. The van der Waals surface area contributed by atoms with Gasteiger partial charge in [0.15, 0.2) is 0 Å². The standard InChI is InChI=1S/C31H42N4O/c1-20(2)19-34-12-9-25(10-13-34)35-14-7-23(8-15-35)24-5-6-29-27(18-24)26-11-16-36-31-22(4)32-21(3)17-28(31)30(26)33-29/h5-6,17-18,20,23,25,33H,7-16,19H2,1-4H3. The van der Waals surface area contributed by atoms with Crippen molar-refractivity contribution in [1.29, 1.82) is 0 Å². The molecule has 0 saturated carbocycles. The summed E-state index contributed by atoms with van der Waals surface area (Å²) < 4.78 is 6.17. The number of fused-ring (bicyclic) bond motifs is 5. The van der Waals surface area contributed by atoms with E-state index in [0.29, 0.717) is 12.5 Å². The zero-order valence-corrected chi connectivity index (χ0v) is 22.6. The van der Waals surface area contributed by atoms with Crippen molar-refractivity contribution >= 4 is 10.9 Å². The number of aromatic amines is 1. The summed E-state index contributed by atoms with van der Waals surface area (Å²) in [6.07, 6.45) is 6.17. The first-order chi connectivity index (χ1) is 17.5. The molecule has 0 amide bonds. The fourth-order valence-electron chi connectivity index (χ4n) is 7.03. The number of nitrogens with one attached hydrogen (secondary N) is 1. The number of hydrogen-bond donors (Lipinski definition) is 1. The van der Waals surface area contributed by atoms with E-state index in [1.165, 1.54) is 86.1 Å². The second-order valence-electron chi connectivity index (χ2n) is 11.8. The third-order valence-electron chi connectivity index (χ3n) is 8.77. The lowest BCUT2D eigenvalue weighted by Crippen LogP contribution is -2.48. The summed E-state index contributed by atoms with van der Waals surface area (Å²) in [7, 11) is 0. The molecule has 5 heterocycles.